The van der Waals surface area contributed by atoms with Gasteiger partial charge in [-0.05, 0) is 20.4 Å². The lowest BCUT2D eigenvalue weighted by atomic mass is 10.0. The number of rotatable bonds is 10. The van der Waals surface area contributed by atoms with E-state index in [9.17, 15) is 0 Å². The molecule has 0 bridgehead atoms. The Bertz CT molecular complexity index is 344. The van der Waals surface area contributed by atoms with Gasteiger partial charge < -0.3 is 5.32 Å². The average Bonchev–Trinajstić information content (AvgIpc) is 2.72. The predicted molar refractivity (Wildman–Crippen MR) is 82.4 cm³/mol. The summed E-state index contributed by atoms with van der Waals surface area (Å²) >= 11 is 0. The van der Waals surface area contributed by atoms with E-state index in [1.165, 1.54) is 56.9 Å². The molecule has 1 heterocycles. The summed E-state index contributed by atoms with van der Waals surface area (Å²) in [5.41, 5.74) is 2.51. The highest BCUT2D eigenvalue weighted by Crippen LogP contribution is 2.22. The number of nitrogens with zero attached hydrogens (tertiary/aromatic N) is 2. The summed E-state index contributed by atoms with van der Waals surface area (Å²) in [5.74, 6) is 0. The highest BCUT2D eigenvalue weighted by Gasteiger charge is 2.13. The van der Waals surface area contributed by atoms with Crippen LogP contribution in [0, 0.1) is 6.92 Å². The van der Waals surface area contributed by atoms with Crippen LogP contribution in [0.25, 0.3) is 0 Å². The minimum Gasteiger partial charge on any atom is -0.313 e. The van der Waals surface area contributed by atoms with E-state index >= 15 is 0 Å². The average molecular weight is 265 g/mol. The van der Waals surface area contributed by atoms with Crippen molar-refractivity contribution in [2.75, 3.05) is 7.05 Å². The molecule has 110 valence electrons. The third-order valence-corrected chi connectivity index (χ3v) is 3.87. The number of nitrogens with one attached hydrogen (secondary N) is 1. The lowest BCUT2D eigenvalue weighted by Gasteiger charge is -2.15. The van der Waals surface area contributed by atoms with E-state index in [1.54, 1.807) is 0 Å². The Hall–Kier alpha value is -0.830. The minimum atomic E-state index is 0.462. The van der Waals surface area contributed by atoms with Crippen molar-refractivity contribution in [2.24, 2.45) is 7.05 Å². The zero-order valence-corrected chi connectivity index (χ0v) is 13.2. The molecular weight excluding hydrogens is 234 g/mol. The fraction of sp³-hybridized carbons (Fsp3) is 0.812. The zero-order valence-electron chi connectivity index (χ0n) is 13.2. The maximum atomic E-state index is 4.43. The van der Waals surface area contributed by atoms with Gasteiger partial charge in [-0.2, -0.15) is 5.10 Å². The molecule has 1 rings (SSSR count). The minimum absolute atomic E-state index is 0.462. The second-order valence-electron chi connectivity index (χ2n) is 5.59. The summed E-state index contributed by atoms with van der Waals surface area (Å²) in [6.07, 6.45) is 13.0. The second-order valence-corrected chi connectivity index (χ2v) is 5.59. The lowest BCUT2D eigenvalue weighted by molar-refractivity contribution is 0.494. The molecule has 1 unspecified atom stereocenters. The molecule has 3 heteroatoms. The van der Waals surface area contributed by atoms with Crippen LogP contribution in [0.15, 0.2) is 6.20 Å². The van der Waals surface area contributed by atoms with Gasteiger partial charge in [0, 0.05) is 24.8 Å². The molecule has 1 aromatic rings. The summed E-state index contributed by atoms with van der Waals surface area (Å²) < 4.78 is 1.92. The predicted octanol–water partition coefficient (Wildman–Crippen LogP) is 4.13. The summed E-state index contributed by atoms with van der Waals surface area (Å²) in [5, 5.41) is 7.87. The fourth-order valence-corrected chi connectivity index (χ4v) is 2.72. The van der Waals surface area contributed by atoms with Gasteiger partial charge >= 0.3 is 0 Å². The molecule has 0 fully saturated rings. The maximum absolute atomic E-state index is 4.43. The summed E-state index contributed by atoms with van der Waals surface area (Å²) in [4.78, 5) is 0. The second kappa shape index (κ2) is 9.13. The van der Waals surface area contributed by atoms with E-state index in [2.05, 4.69) is 37.5 Å². The van der Waals surface area contributed by atoms with E-state index in [0.717, 1.165) is 5.69 Å². The molecule has 0 amide bonds. The van der Waals surface area contributed by atoms with Gasteiger partial charge in [-0.15, -0.1) is 0 Å². The molecule has 1 N–H and O–H groups in total. The van der Waals surface area contributed by atoms with Crippen molar-refractivity contribution >= 4 is 0 Å². The first kappa shape index (κ1) is 16.2. The Balaban J connectivity index is 2.24. The van der Waals surface area contributed by atoms with Gasteiger partial charge in [0.15, 0.2) is 0 Å². The van der Waals surface area contributed by atoms with Crippen LogP contribution in [0.3, 0.4) is 0 Å². The van der Waals surface area contributed by atoms with E-state index in [4.69, 9.17) is 0 Å². The van der Waals surface area contributed by atoms with Gasteiger partial charge in [0.05, 0.1) is 5.69 Å². The van der Waals surface area contributed by atoms with Gasteiger partial charge in [-0.25, -0.2) is 0 Å². The monoisotopic (exact) mass is 265 g/mol. The normalized spacial score (nSPS) is 12.8. The van der Waals surface area contributed by atoms with E-state index < -0.39 is 0 Å². The highest BCUT2D eigenvalue weighted by atomic mass is 15.3. The van der Waals surface area contributed by atoms with Gasteiger partial charge in [0.25, 0.3) is 0 Å². The van der Waals surface area contributed by atoms with Crippen molar-refractivity contribution in [2.45, 2.75) is 71.3 Å². The Morgan fingerprint density at radius 1 is 1.16 bits per heavy atom. The van der Waals surface area contributed by atoms with Crippen LogP contribution in [0.4, 0.5) is 0 Å². The Morgan fingerprint density at radius 2 is 1.79 bits per heavy atom. The number of hydrogen-bond donors (Lipinski definition) is 1. The van der Waals surface area contributed by atoms with E-state index in [0.29, 0.717) is 6.04 Å². The lowest BCUT2D eigenvalue weighted by Crippen LogP contribution is -2.16. The molecule has 1 aromatic heterocycles. The summed E-state index contributed by atoms with van der Waals surface area (Å²) in [6.45, 7) is 4.37. The molecule has 0 aliphatic carbocycles. The first-order valence-corrected chi connectivity index (χ1v) is 7.86. The smallest absolute Gasteiger partial charge is 0.0641 e. The molecule has 3 nitrogen and oxygen atoms in total. The molecule has 0 saturated heterocycles. The Labute approximate surface area is 118 Å². The van der Waals surface area contributed by atoms with Crippen molar-refractivity contribution in [1.82, 2.24) is 15.1 Å². The number of aryl methyl sites for hydroxylation is 2. The topological polar surface area (TPSA) is 29.9 Å². The molecule has 0 saturated carbocycles. The number of aromatic nitrogens is 2. The summed E-state index contributed by atoms with van der Waals surface area (Å²) in [6, 6.07) is 0.462. The SMILES string of the molecule is CCCCCCCCCC(NC)c1cn(C)nc1C. The van der Waals surface area contributed by atoms with Crippen LogP contribution in [0.5, 0.6) is 0 Å². The standard InChI is InChI=1S/C16H31N3/c1-5-6-7-8-9-10-11-12-16(17-3)15-13-19(4)18-14(15)2/h13,16-17H,5-12H2,1-4H3. The van der Waals surface area contributed by atoms with Crippen LogP contribution in [0.1, 0.15) is 75.6 Å². The first-order valence-electron chi connectivity index (χ1n) is 7.86. The van der Waals surface area contributed by atoms with Crippen molar-refractivity contribution in [1.29, 1.82) is 0 Å². The molecule has 0 aliphatic heterocycles. The molecule has 0 aliphatic rings. The van der Waals surface area contributed by atoms with Crippen LogP contribution < -0.4 is 5.32 Å². The maximum Gasteiger partial charge on any atom is 0.0641 e. The van der Waals surface area contributed by atoms with Crippen LogP contribution >= 0.6 is 0 Å². The van der Waals surface area contributed by atoms with Crippen molar-refractivity contribution in [3.8, 4) is 0 Å². The third kappa shape index (κ3) is 5.77. The Morgan fingerprint density at radius 3 is 2.32 bits per heavy atom. The number of unbranched alkanes of at least 4 members (excludes halogenated alkanes) is 6. The van der Waals surface area contributed by atoms with Crippen molar-refractivity contribution in [3.05, 3.63) is 17.5 Å². The van der Waals surface area contributed by atoms with Crippen LogP contribution in [-0.4, -0.2) is 16.8 Å². The first-order chi connectivity index (χ1) is 9.19. The van der Waals surface area contributed by atoms with Crippen molar-refractivity contribution < 1.29 is 0 Å². The van der Waals surface area contributed by atoms with Crippen LogP contribution in [-0.2, 0) is 7.05 Å². The van der Waals surface area contributed by atoms with Gasteiger partial charge in [-0.3, -0.25) is 4.68 Å². The molecule has 0 radical (unpaired) electrons. The van der Waals surface area contributed by atoms with E-state index in [-0.39, 0.29) is 0 Å². The highest BCUT2D eigenvalue weighted by molar-refractivity contribution is 5.19. The summed E-state index contributed by atoms with van der Waals surface area (Å²) in [7, 11) is 4.05. The Kier molecular flexibility index (Phi) is 7.80. The van der Waals surface area contributed by atoms with Gasteiger partial charge in [0.2, 0.25) is 0 Å². The number of hydrogen-bond acceptors (Lipinski definition) is 2. The largest absolute Gasteiger partial charge is 0.313 e. The van der Waals surface area contributed by atoms with Crippen LogP contribution in [0.2, 0.25) is 0 Å². The van der Waals surface area contributed by atoms with Gasteiger partial charge in [0.1, 0.15) is 0 Å². The van der Waals surface area contributed by atoms with Crippen molar-refractivity contribution in [3.63, 3.8) is 0 Å². The molecule has 0 aromatic carbocycles. The quantitative estimate of drug-likeness (QED) is 0.645. The van der Waals surface area contributed by atoms with E-state index in [1.807, 2.05) is 11.7 Å². The molecule has 1 atom stereocenters. The molecular formula is C16H31N3. The zero-order chi connectivity index (χ0) is 14.1. The third-order valence-electron chi connectivity index (χ3n) is 3.87. The fourth-order valence-electron chi connectivity index (χ4n) is 2.72. The van der Waals surface area contributed by atoms with Gasteiger partial charge in [-0.1, -0.05) is 51.9 Å². The molecule has 19 heavy (non-hydrogen) atoms. The molecule has 0 spiro atoms.